The highest BCUT2D eigenvalue weighted by molar-refractivity contribution is 4.84. The highest BCUT2D eigenvalue weighted by Crippen LogP contribution is 2.36. The smallest absolute Gasteiger partial charge is 0.163 e. The van der Waals surface area contributed by atoms with Gasteiger partial charge in [0.05, 0.1) is 12.2 Å². The van der Waals surface area contributed by atoms with E-state index < -0.39 is 0 Å². The fraction of sp³-hybridized carbons (Fsp3) is 1.00. The summed E-state index contributed by atoms with van der Waals surface area (Å²) in [6.07, 6.45) is 5.76. The van der Waals surface area contributed by atoms with Gasteiger partial charge in [-0.2, -0.15) is 0 Å². The third-order valence-electron chi connectivity index (χ3n) is 2.51. The zero-order valence-electron chi connectivity index (χ0n) is 7.30. The van der Waals surface area contributed by atoms with Gasteiger partial charge >= 0.3 is 0 Å². The third kappa shape index (κ3) is 1.42. The van der Waals surface area contributed by atoms with Crippen molar-refractivity contribution in [2.75, 3.05) is 0 Å². The standard InChI is InChI=1S/C9H16O2/c1-9(2)10-7-5-3-4-6-8(7)11-9/h7-8H,3-6H2,1-2H3/t7-,8?/m1/s1. The summed E-state index contributed by atoms with van der Waals surface area (Å²) in [5.74, 6) is -0.320. The van der Waals surface area contributed by atoms with Gasteiger partial charge in [0.15, 0.2) is 5.79 Å². The fourth-order valence-electron chi connectivity index (χ4n) is 2.09. The van der Waals surface area contributed by atoms with E-state index in [1.54, 1.807) is 0 Å². The minimum atomic E-state index is -0.320. The van der Waals surface area contributed by atoms with Crippen molar-refractivity contribution in [1.82, 2.24) is 0 Å². The van der Waals surface area contributed by atoms with Gasteiger partial charge in [-0.1, -0.05) is 12.8 Å². The van der Waals surface area contributed by atoms with Gasteiger partial charge in [0.1, 0.15) is 0 Å². The number of rotatable bonds is 0. The minimum Gasteiger partial charge on any atom is -0.345 e. The monoisotopic (exact) mass is 156 g/mol. The second-order valence-corrected chi connectivity index (χ2v) is 4.00. The molecule has 0 radical (unpaired) electrons. The van der Waals surface area contributed by atoms with E-state index in [0.29, 0.717) is 12.2 Å². The molecule has 64 valence electrons. The lowest BCUT2D eigenvalue weighted by Gasteiger charge is -2.21. The summed E-state index contributed by atoms with van der Waals surface area (Å²) in [7, 11) is 0. The highest BCUT2D eigenvalue weighted by atomic mass is 16.7. The quantitative estimate of drug-likeness (QED) is 0.534. The Hall–Kier alpha value is -0.0800. The van der Waals surface area contributed by atoms with Crippen LogP contribution < -0.4 is 0 Å². The Kier molecular flexibility index (Phi) is 1.69. The summed E-state index contributed by atoms with van der Waals surface area (Å²) in [6.45, 7) is 4.01. The first-order valence-corrected chi connectivity index (χ1v) is 4.53. The summed E-state index contributed by atoms with van der Waals surface area (Å²) in [5, 5.41) is 0. The lowest BCUT2D eigenvalue weighted by Crippen LogP contribution is -2.25. The predicted octanol–water partition coefficient (Wildman–Crippen LogP) is 2.08. The molecule has 1 aliphatic heterocycles. The number of ether oxygens (including phenoxy) is 2. The van der Waals surface area contributed by atoms with Gasteiger partial charge in [0.2, 0.25) is 0 Å². The molecule has 11 heavy (non-hydrogen) atoms. The van der Waals surface area contributed by atoms with Crippen LogP contribution in [0.2, 0.25) is 0 Å². The van der Waals surface area contributed by atoms with E-state index in [-0.39, 0.29) is 5.79 Å². The zero-order chi connectivity index (χ0) is 7.90. The van der Waals surface area contributed by atoms with E-state index in [1.807, 2.05) is 13.8 Å². The summed E-state index contributed by atoms with van der Waals surface area (Å²) in [6, 6.07) is 0. The van der Waals surface area contributed by atoms with Gasteiger partial charge in [-0.05, 0) is 26.7 Å². The van der Waals surface area contributed by atoms with Crippen molar-refractivity contribution in [2.24, 2.45) is 0 Å². The lowest BCUT2D eigenvalue weighted by atomic mass is 9.95. The molecule has 0 bridgehead atoms. The van der Waals surface area contributed by atoms with E-state index >= 15 is 0 Å². The lowest BCUT2D eigenvalue weighted by molar-refractivity contribution is -0.145. The Bertz CT molecular complexity index is 138. The van der Waals surface area contributed by atoms with E-state index in [1.165, 1.54) is 25.7 Å². The van der Waals surface area contributed by atoms with Gasteiger partial charge < -0.3 is 9.47 Å². The number of hydrogen-bond donors (Lipinski definition) is 0. The molecule has 2 aliphatic rings. The minimum absolute atomic E-state index is 0.320. The van der Waals surface area contributed by atoms with Crippen molar-refractivity contribution in [3.8, 4) is 0 Å². The van der Waals surface area contributed by atoms with Crippen LogP contribution in [0.1, 0.15) is 39.5 Å². The van der Waals surface area contributed by atoms with Crippen molar-refractivity contribution < 1.29 is 9.47 Å². The van der Waals surface area contributed by atoms with Crippen LogP contribution in [0.15, 0.2) is 0 Å². The predicted molar refractivity (Wildman–Crippen MR) is 42.3 cm³/mol. The van der Waals surface area contributed by atoms with Crippen LogP contribution in [0.3, 0.4) is 0 Å². The van der Waals surface area contributed by atoms with E-state index in [4.69, 9.17) is 9.47 Å². The second kappa shape index (κ2) is 2.46. The molecular formula is C9H16O2. The SMILES string of the molecule is CC1(C)OC2CCCC[C@H]2O1. The molecule has 0 spiro atoms. The van der Waals surface area contributed by atoms with Crippen molar-refractivity contribution in [3.63, 3.8) is 0 Å². The van der Waals surface area contributed by atoms with Crippen molar-refractivity contribution in [1.29, 1.82) is 0 Å². The van der Waals surface area contributed by atoms with Crippen LogP contribution in [0, 0.1) is 0 Å². The van der Waals surface area contributed by atoms with Gasteiger partial charge in [-0.15, -0.1) is 0 Å². The summed E-state index contributed by atoms with van der Waals surface area (Å²) >= 11 is 0. The van der Waals surface area contributed by atoms with Crippen LogP contribution in [0.25, 0.3) is 0 Å². The number of fused-ring (bicyclic) bond motifs is 1. The van der Waals surface area contributed by atoms with Crippen LogP contribution in [0.4, 0.5) is 0 Å². The molecule has 2 fully saturated rings. The van der Waals surface area contributed by atoms with Crippen LogP contribution in [0.5, 0.6) is 0 Å². The third-order valence-corrected chi connectivity index (χ3v) is 2.51. The zero-order valence-corrected chi connectivity index (χ0v) is 7.30. The summed E-state index contributed by atoms with van der Waals surface area (Å²) < 4.78 is 11.5. The molecule has 1 unspecified atom stereocenters. The summed E-state index contributed by atoms with van der Waals surface area (Å²) in [4.78, 5) is 0. The maximum absolute atomic E-state index is 5.73. The first-order valence-electron chi connectivity index (χ1n) is 4.53. The van der Waals surface area contributed by atoms with E-state index in [2.05, 4.69) is 0 Å². The Labute approximate surface area is 67.9 Å². The molecule has 2 nitrogen and oxygen atoms in total. The van der Waals surface area contributed by atoms with Gasteiger partial charge in [0.25, 0.3) is 0 Å². The van der Waals surface area contributed by atoms with Gasteiger partial charge in [-0.3, -0.25) is 0 Å². The fourth-order valence-corrected chi connectivity index (χ4v) is 2.09. The molecule has 2 rings (SSSR count). The Morgan fingerprint density at radius 1 is 1.00 bits per heavy atom. The largest absolute Gasteiger partial charge is 0.345 e. The molecule has 2 heteroatoms. The Morgan fingerprint density at radius 2 is 1.45 bits per heavy atom. The van der Waals surface area contributed by atoms with E-state index in [0.717, 1.165) is 0 Å². The second-order valence-electron chi connectivity index (χ2n) is 4.00. The molecule has 0 N–H and O–H groups in total. The molecule has 1 aliphatic carbocycles. The van der Waals surface area contributed by atoms with Crippen LogP contribution in [-0.2, 0) is 9.47 Å². The molecule has 0 amide bonds. The first kappa shape index (κ1) is 7.56. The Morgan fingerprint density at radius 3 is 1.91 bits per heavy atom. The molecule has 0 aromatic heterocycles. The molecule has 2 atom stereocenters. The average Bonchev–Trinajstić information content (AvgIpc) is 2.21. The van der Waals surface area contributed by atoms with Crippen molar-refractivity contribution in [2.45, 2.75) is 57.5 Å². The molecule has 1 saturated heterocycles. The molecule has 0 aromatic rings. The Balaban J connectivity index is 2.03. The highest BCUT2D eigenvalue weighted by Gasteiger charge is 2.41. The molecule has 0 aromatic carbocycles. The topological polar surface area (TPSA) is 18.5 Å². The maximum Gasteiger partial charge on any atom is 0.163 e. The van der Waals surface area contributed by atoms with Gasteiger partial charge in [-0.25, -0.2) is 0 Å². The van der Waals surface area contributed by atoms with Crippen molar-refractivity contribution >= 4 is 0 Å². The van der Waals surface area contributed by atoms with Crippen LogP contribution >= 0.6 is 0 Å². The van der Waals surface area contributed by atoms with Crippen molar-refractivity contribution in [3.05, 3.63) is 0 Å². The van der Waals surface area contributed by atoms with E-state index in [9.17, 15) is 0 Å². The molecule has 1 heterocycles. The average molecular weight is 156 g/mol. The van der Waals surface area contributed by atoms with Gasteiger partial charge in [0, 0.05) is 0 Å². The molecular weight excluding hydrogens is 140 g/mol. The normalized spacial score (nSPS) is 42.0. The maximum atomic E-state index is 5.73. The first-order chi connectivity index (χ1) is 5.17. The summed E-state index contributed by atoms with van der Waals surface area (Å²) in [5.41, 5.74) is 0. The number of hydrogen-bond acceptors (Lipinski definition) is 2. The van der Waals surface area contributed by atoms with Crippen LogP contribution in [-0.4, -0.2) is 18.0 Å². The molecule has 1 saturated carbocycles.